The zero-order chi connectivity index (χ0) is 17.6. The normalized spacial score (nSPS) is 15.1. The van der Waals surface area contributed by atoms with Crippen molar-refractivity contribution in [1.82, 2.24) is 9.97 Å². The number of pyridine rings is 1. The third-order valence-electron chi connectivity index (χ3n) is 5.01. The lowest BCUT2D eigenvalue weighted by molar-refractivity contribution is 0.305. The zero-order valence-corrected chi connectivity index (χ0v) is 15.8. The van der Waals surface area contributed by atoms with Gasteiger partial charge in [0, 0.05) is 11.6 Å². The monoisotopic (exact) mass is 364 g/mol. The van der Waals surface area contributed by atoms with Crippen molar-refractivity contribution in [3.63, 3.8) is 0 Å². The summed E-state index contributed by atoms with van der Waals surface area (Å²) < 4.78 is 5.91. The fourth-order valence-corrected chi connectivity index (χ4v) is 4.30. The molecule has 1 aliphatic carbocycles. The lowest BCUT2D eigenvalue weighted by Gasteiger charge is -2.21. The molecule has 1 aliphatic rings. The maximum atomic E-state index is 5.91. The van der Waals surface area contributed by atoms with Crippen LogP contribution in [0.5, 0.6) is 5.75 Å². The van der Waals surface area contributed by atoms with Crippen LogP contribution in [0.25, 0.3) is 11.4 Å². The second-order valence-electron chi connectivity index (χ2n) is 6.98. The Kier molecular flexibility index (Phi) is 5.60. The molecule has 0 N–H and O–H groups in total. The first kappa shape index (κ1) is 17.2. The molecule has 3 aromatic rings. The van der Waals surface area contributed by atoms with Gasteiger partial charge in [0.15, 0.2) is 0 Å². The fourth-order valence-electron chi connectivity index (χ4n) is 3.60. The van der Waals surface area contributed by atoms with Gasteiger partial charge in [0.2, 0.25) is 0 Å². The summed E-state index contributed by atoms with van der Waals surface area (Å²) in [4.78, 5) is 8.96. The van der Waals surface area contributed by atoms with Crippen LogP contribution in [-0.4, -0.2) is 9.97 Å². The molecular weight excluding hydrogens is 340 g/mol. The third-order valence-corrected chi connectivity index (χ3v) is 5.84. The Morgan fingerprint density at radius 3 is 2.58 bits per heavy atom. The fraction of sp³-hybridized carbons (Fsp3) is 0.364. The summed E-state index contributed by atoms with van der Waals surface area (Å²) in [5.74, 6) is 1.78. The van der Waals surface area contributed by atoms with Gasteiger partial charge in [0.1, 0.15) is 17.4 Å². The van der Waals surface area contributed by atoms with Crippen LogP contribution in [0, 0.1) is 5.92 Å². The molecule has 3 nitrogen and oxygen atoms in total. The highest BCUT2D eigenvalue weighted by molar-refractivity contribution is 7.09. The van der Waals surface area contributed by atoms with E-state index in [9.17, 15) is 0 Å². The van der Waals surface area contributed by atoms with E-state index in [4.69, 9.17) is 4.74 Å². The Bertz CT molecular complexity index is 808. The summed E-state index contributed by atoms with van der Waals surface area (Å²) >= 11 is 1.61. The van der Waals surface area contributed by atoms with Gasteiger partial charge in [-0.25, -0.2) is 4.98 Å². The second-order valence-corrected chi connectivity index (χ2v) is 7.92. The minimum atomic E-state index is 0.499. The van der Waals surface area contributed by atoms with Gasteiger partial charge in [0.25, 0.3) is 0 Å². The van der Waals surface area contributed by atoms with Crippen molar-refractivity contribution >= 4 is 11.3 Å². The number of rotatable bonds is 6. The van der Waals surface area contributed by atoms with Crippen LogP contribution in [0.3, 0.4) is 0 Å². The van der Waals surface area contributed by atoms with E-state index in [2.05, 4.69) is 34.2 Å². The predicted molar refractivity (Wildman–Crippen MR) is 106 cm³/mol. The number of nitrogens with zero attached hydrogens (tertiary/aromatic N) is 2. The van der Waals surface area contributed by atoms with Gasteiger partial charge in [-0.3, -0.25) is 4.98 Å². The summed E-state index contributed by atoms with van der Waals surface area (Å²) in [5, 5.41) is 3.01. The van der Waals surface area contributed by atoms with E-state index in [0.29, 0.717) is 6.61 Å². The molecule has 0 atom stereocenters. The topological polar surface area (TPSA) is 35.0 Å². The molecule has 0 bridgehead atoms. The minimum Gasteiger partial charge on any atom is -0.486 e. The molecule has 1 saturated carbocycles. The lowest BCUT2D eigenvalue weighted by Crippen LogP contribution is -2.09. The molecule has 0 spiro atoms. The van der Waals surface area contributed by atoms with Gasteiger partial charge in [-0.2, -0.15) is 0 Å². The van der Waals surface area contributed by atoms with E-state index >= 15 is 0 Å². The van der Waals surface area contributed by atoms with Crippen LogP contribution in [0.2, 0.25) is 0 Å². The van der Waals surface area contributed by atoms with Crippen molar-refractivity contribution in [2.24, 2.45) is 5.92 Å². The summed E-state index contributed by atoms with van der Waals surface area (Å²) in [6, 6.07) is 14.5. The van der Waals surface area contributed by atoms with Crippen LogP contribution in [-0.2, 0) is 13.0 Å². The maximum absolute atomic E-state index is 5.91. The Balaban J connectivity index is 1.31. The first-order valence-electron chi connectivity index (χ1n) is 9.44. The van der Waals surface area contributed by atoms with E-state index in [1.165, 1.54) is 44.1 Å². The lowest BCUT2D eigenvalue weighted by atomic mass is 9.85. The van der Waals surface area contributed by atoms with Crippen LogP contribution < -0.4 is 4.74 Å². The van der Waals surface area contributed by atoms with Gasteiger partial charge in [-0.15, -0.1) is 11.3 Å². The molecule has 2 aromatic heterocycles. The van der Waals surface area contributed by atoms with Crippen LogP contribution in [0.15, 0.2) is 54.0 Å². The highest BCUT2D eigenvalue weighted by atomic mass is 32.1. The molecule has 2 heterocycles. The quantitative estimate of drug-likeness (QED) is 0.545. The summed E-state index contributed by atoms with van der Waals surface area (Å²) in [6.45, 7) is 0.499. The molecule has 0 radical (unpaired) electrons. The first-order valence-corrected chi connectivity index (χ1v) is 10.3. The molecule has 26 heavy (non-hydrogen) atoms. The number of hydrogen-bond donors (Lipinski definition) is 0. The number of ether oxygens (including phenoxy) is 1. The van der Waals surface area contributed by atoms with Crippen molar-refractivity contribution in [2.75, 3.05) is 0 Å². The van der Waals surface area contributed by atoms with E-state index < -0.39 is 0 Å². The molecule has 1 fully saturated rings. The second kappa shape index (κ2) is 8.45. The van der Waals surface area contributed by atoms with Gasteiger partial charge in [-0.05, 0) is 42.2 Å². The highest BCUT2D eigenvalue weighted by Crippen LogP contribution is 2.27. The molecule has 4 heteroatoms. The minimum absolute atomic E-state index is 0.499. The van der Waals surface area contributed by atoms with Gasteiger partial charge < -0.3 is 4.74 Å². The first-order chi connectivity index (χ1) is 12.9. The van der Waals surface area contributed by atoms with E-state index in [1.807, 2.05) is 23.6 Å². The Morgan fingerprint density at radius 2 is 1.81 bits per heavy atom. The largest absolute Gasteiger partial charge is 0.486 e. The number of aromatic nitrogens is 2. The highest BCUT2D eigenvalue weighted by Gasteiger charge is 2.13. The van der Waals surface area contributed by atoms with Crippen molar-refractivity contribution in [3.8, 4) is 17.1 Å². The van der Waals surface area contributed by atoms with Crippen LogP contribution >= 0.6 is 11.3 Å². The molecular formula is C22H24N2OS. The van der Waals surface area contributed by atoms with Gasteiger partial charge in [-0.1, -0.05) is 50.3 Å². The van der Waals surface area contributed by atoms with E-state index in [1.54, 1.807) is 17.5 Å². The molecule has 1 aromatic carbocycles. The van der Waals surface area contributed by atoms with E-state index in [0.717, 1.165) is 28.1 Å². The Labute approximate surface area is 159 Å². The maximum Gasteiger partial charge on any atom is 0.140 e. The number of thiazole rings is 1. The third kappa shape index (κ3) is 4.50. The Morgan fingerprint density at radius 1 is 0.962 bits per heavy atom. The van der Waals surface area contributed by atoms with Crippen molar-refractivity contribution in [2.45, 2.75) is 45.1 Å². The van der Waals surface area contributed by atoms with E-state index in [-0.39, 0.29) is 0 Å². The molecule has 0 unspecified atom stereocenters. The summed E-state index contributed by atoms with van der Waals surface area (Å²) in [5.41, 5.74) is 3.25. The summed E-state index contributed by atoms with van der Waals surface area (Å²) in [6.07, 6.45) is 10.0. The SMILES string of the molecule is c1ccc(-c2csc(COc3ccc(CC4CCCCC4)cc3)n2)nc1. The zero-order valence-electron chi connectivity index (χ0n) is 14.9. The molecule has 0 amide bonds. The van der Waals surface area contributed by atoms with Crippen LogP contribution in [0.1, 0.15) is 42.7 Å². The van der Waals surface area contributed by atoms with Crippen molar-refractivity contribution in [3.05, 3.63) is 64.6 Å². The van der Waals surface area contributed by atoms with Crippen LogP contribution in [0.4, 0.5) is 0 Å². The number of hydrogen-bond acceptors (Lipinski definition) is 4. The van der Waals surface area contributed by atoms with Gasteiger partial charge in [0.05, 0.1) is 11.4 Å². The molecule has 0 aliphatic heterocycles. The molecule has 4 rings (SSSR count). The van der Waals surface area contributed by atoms with Crippen molar-refractivity contribution < 1.29 is 4.74 Å². The smallest absolute Gasteiger partial charge is 0.140 e. The molecule has 0 saturated heterocycles. The average molecular weight is 365 g/mol. The average Bonchev–Trinajstić information content (AvgIpc) is 3.18. The standard InChI is InChI=1S/C22H24N2OS/c1-2-6-17(7-3-1)14-18-9-11-19(12-10-18)25-15-22-24-21(16-26-22)20-8-4-5-13-23-20/h4-5,8-13,16-17H,1-3,6-7,14-15H2. The van der Waals surface area contributed by atoms with Gasteiger partial charge >= 0.3 is 0 Å². The Hall–Kier alpha value is -2.20. The summed E-state index contributed by atoms with van der Waals surface area (Å²) in [7, 11) is 0. The van der Waals surface area contributed by atoms with Crippen molar-refractivity contribution in [1.29, 1.82) is 0 Å². The number of benzene rings is 1. The predicted octanol–water partition coefficient (Wildman–Crippen LogP) is 5.91. The molecule has 134 valence electrons.